The molecule has 0 bridgehead atoms. The fraction of sp³-hybridized carbons (Fsp3) is 0.152. The number of hydrogen-bond donors (Lipinski definition) is 1. The first-order valence-electron chi connectivity index (χ1n) is 12.8. The Labute approximate surface area is 224 Å². The fourth-order valence-corrected chi connectivity index (χ4v) is 5.12. The lowest BCUT2D eigenvalue weighted by atomic mass is 10.1. The van der Waals surface area contributed by atoms with Gasteiger partial charge in [-0.2, -0.15) is 5.10 Å². The van der Waals surface area contributed by atoms with E-state index in [9.17, 15) is 4.79 Å². The number of aromatic nitrogens is 2. The van der Waals surface area contributed by atoms with Gasteiger partial charge in [0, 0.05) is 33.9 Å². The van der Waals surface area contributed by atoms with E-state index in [1.54, 1.807) is 6.21 Å². The van der Waals surface area contributed by atoms with Crippen LogP contribution in [0.4, 0.5) is 0 Å². The molecule has 0 aliphatic heterocycles. The molecule has 0 saturated heterocycles. The van der Waals surface area contributed by atoms with Crippen molar-refractivity contribution in [1.29, 1.82) is 0 Å². The van der Waals surface area contributed by atoms with Crippen molar-refractivity contribution in [2.75, 3.05) is 0 Å². The van der Waals surface area contributed by atoms with E-state index < -0.39 is 0 Å². The number of amides is 1. The summed E-state index contributed by atoms with van der Waals surface area (Å²) >= 11 is 0. The van der Waals surface area contributed by atoms with Crippen LogP contribution in [0.2, 0.25) is 0 Å². The molecule has 5 heteroatoms. The number of hydrogen-bond acceptors (Lipinski definition) is 2. The van der Waals surface area contributed by atoms with Gasteiger partial charge >= 0.3 is 0 Å². The molecule has 0 atom stereocenters. The molecule has 0 unspecified atom stereocenters. The van der Waals surface area contributed by atoms with E-state index in [0.29, 0.717) is 5.56 Å². The molecule has 0 radical (unpaired) electrons. The van der Waals surface area contributed by atoms with E-state index in [4.69, 9.17) is 0 Å². The van der Waals surface area contributed by atoms with Crippen molar-refractivity contribution < 1.29 is 4.79 Å². The number of carbonyl (C=O) groups is 1. The van der Waals surface area contributed by atoms with Gasteiger partial charge in [0.2, 0.25) is 0 Å². The van der Waals surface area contributed by atoms with Crippen LogP contribution >= 0.6 is 0 Å². The van der Waals surface area contributed by atoms with Crippen molar-refractivity contribution in [3.05, 3.63) is 130 Å². The Kier molecular flexibility index (Phi) is 6.84. The van der Waals surface area contributed by atoms with Crippen molar-refractivity contribution >= 4 is 12.1 Å². The average Bonchev–Trinajstić information content (AvgIpc) is 3.43. The molecule has 0 fully saturated rings. The predicted molar refractivity (Wildman–Crippen MR) is 156 cm³/mol. The molecule has 38 heavy (non-hydrogen) atoms. The van der Waals surface area contributed by atoms with Crippen LogP contribution in [0.1, 0.15) is 44.1 Å². The summed E-state index contributed by atoms with van der Waals surface area (Å²) in [7, 11) is 0. The van der Waals surface area contributed by atoms with Crippen molar-refractivity contribution in [2.24, 2.45) is 5.10 Å². The van der Waals surface area contributed by atoms with Crippen LogP contribution < -0.4 is 5.43 Å². The van der Waals surface area contributed by atoms with Crippen LogP contribution in [0, 0.1) is 34.6 Å². The smallest absolute Gasteiger partial charge is 0.271 e. The fourth-order valence-electron chi connectivity index (χ4n) is 5.12. The largest absolute Gasteiger partial charge is 0.317 e. The summed E-state index contributed by atoms with van der Waals surface area (Å²) in [5, 5.41) is 4.27. The first-order chi connectivity index (χ1) is 18.3. The zero-order valence-corrected chi connectivity index (χ0v) is 22.5. The van der Waals surface area contributed by atoms with Gasteiger partial charge in [0.1, 0.15) is 0 Å². The lowest BCUT2D eigenvalue weighted by Gasteiger charge is -2.15. The van der Waals surface area contributed by atoms with E-state index >= 15 is 0 Å². The molecule has 0 aliphatic rings. The van der Waals surface area contributed by atoms with Gasteiger partial charge in [0.15, 0.2) is 0 Å². The first kappa shape index (κ1) is 25.0. The Morgan fingerprint density at radius 3 is 2.11 bits per heavy atom. The summed E-state index contributed by atoms with van der Waals surface area (Å²) in [5.41, 5.74) is 14.4. The van der Waals surface area contributed by atoms with Crippen molar-refractivity contribution in [3.8, 4) is 22.6 Å². The van der Waals surface area contributed by atoms with Crippen LogP contribution in [0.25, 0.3) is 22.6 Å². The Hall–Kier alpha value is -4.64. The van der Waals surface area contributed by atoms with Gasteiger partial charge in [0.05, 0.1) is 17.6 Å². The van der Waals surface area contributed by atoms with Gasteiger partial charge in [-0.05, 0) is 93.8 Å². The molecule has 190 valence electrons. The number of hydrazone groups is 1. The molecule has 5 nitrogen and oxygen atoms in total. The number of rotatable bonds is 6. The molecule has 5 aromatic rings. The maximum Gasteiger partial charge on any atom is 0.271 e. The topological polar surface area (TPSA) is 51.3 Å². The lowest BCUT2D eigenvalue weighted by Crippen LogP contribution is -2.17. The summed E-state index contributed by atoms with van der Waals surface area (Å²) in [6.07, 6.45) is 1.72. The lowest BCUT2D eigenvalue weighted by molar-refractivity contribution is 0.0955. The minimum Gasteiger partial charge on any atom is -0.317 e. The third kappa shape index (κ3) is 4.71. The average molecular weight is 501 g/mol. The molecule has 0 saturated carbocycles. The van der Waals surface area contributed by atoms with Crippen molar-refractivity contribution in [3.63, 3.8) is 0 Å². The standard InChI is InChI=1S/C33H32N4O/c1-22-10-9-11-23(2)32(22)36-25(4)20-29(26(36)5)21-34-35-33(38)28-15-17-30(18-16-28)37-24(3)14-19-31(37)27-12-7-6-8-13-27/h6-21H,1-5H3,(H,35,38)/b34-21+. The van der Waals surface area contributed by atoms with Gasteiger partial charge in [-0.15, -0.1) is 0 Å². The highest BCUT2D eigenvalue weighted by Gasteiger charge is 2.14. The molecular formula is C33H32N4O. The van der Waals surface area contributed by atoms with Crippen LogP contribution in [0.5, 0.6) is 0 Å². The second kappa shape index (κ2) is 10.4. The Morgan fingerprint density at radius 2 is 1.42 bits per heavy atom. The summed E-state index contributed by atoms with van der Waals surface area (Å²) < 4.78 is 4.45. The van der Waals surface area contributed by atoms with E-state index in [0.717, 1.165) is 39.6 Å². The van der Waals surface area contributed by atoms with E-state index in [1.165, 1.54) is 16.8 Å². The first-order valence-corrected chi connectivity index (χ1v) is 12.8. The number of nitrogens with zero attached hydrogens (tertiary/aromatic N) is 3. The number of aryl methyl sites for hydroxylation is 4. The molecule has 2 aromatic heterocycles. The van der Waals surface area contributed by atoms with Gasteiger partial charge in [-0.3, -0.25) is 4.79 Å². The minimum atomic E-state index is -0.246. The highest BCUT2D eigenvalue weighted by molar-refractivity contribution is 5.95. The maximum atomic E-state index is 12.8. The number of para-hydroxylation sites is 1. The van der Waals surface area contributed by atoms with Crippen molar-refractivity contribution in [1.82, 2.24) is 14.6 Å². The second-order valence-corrected chi connectivity index (χ2v) is 9.71. The molecule has 3 aromatic carbocycles. The SMILES string of the molecule is Cc1cccc(C)c1-n1c(C)cc(/C=N/NC(=O)c2ccc(-n3c(C)ccc3-c3ccccc3)cc2)c1C. The third-order valence-corrected chi connectivity index (χ3v) is 7.04. The molecule has 0 aliphatic carbocycles. The molecule has 0 spiro atoms. The second-order valence-electron chi connectivity index (χ2n) is 9.71. The predicted octanol–water partition coefficient (Wildman–Crippen LogP) is 7.24. The van der Waals surface area contributed by atoms with Crippen LogP contribution in [0.15, 0.2) is 96.1 Å². The normalized spacial score (nSPS) is 11.3. The zero-order chi connectivity index (χ0) is 26.8. The minimum absolute atomic E-state index is 0.246. The Morgan fingerprint density at radius 1 is 0.737 bits per heavy atom. The molecule has 2 heterocycles. The van der Waals surface area contributed by atoms with E-state index in [1.807, 2.05) is 42.5 Å². The molecular weight excluding hydrogens is 468 g/mol. The van der Waals surface area contributed by atoms with Gasteiger partial charge in [-0.25, -0.2) is 5.43 Å². The number of benzene rings is 3. The van der Waals surface area contributed by atoms with E-state index in [-0.39, 0.29) is 5.91 Å². The molecule has 5 rings (SSSR count). The van der Waals surface area contributed by atoms with E-state index in [2.05, 4.69) is 103 Å². The Balaban J connectivity index is 1.33. The Bertz CT molecular complexity index is 1620. The summed E-state index contributed by atoms with van der Waals surface area (Å²) in [5.74, 6) is -0.246. The van der Waals surface area contributed by atoms with Crippen LogP contribution in [-0.4, -0.2) is 21.3 Å². The quantitative estimate of drug-likeness (QED) is 0.194. The highest BCUT2D eigenvalue weighted by atomic mass is 16.2. The number of carbonyl (C=O) groups excluding carboxylic acids is 1. The van der Waals surface area contributed by atoms with Crippen molar-refractivity contribution in [2.45, 2.75) is 34.6 Å². The highest BCUT2D eigenvalue weighted by Crippen LogP contribution is 2.27. The summed E-state index contributed by atoms with van der Waals surface area (Å²) in [6, 6.07) is 30.6. The van der Waals surface area contributed by atoms with Gasteiger partial charge in [-0.1, -0.05) is 48.5 Å². The van der Waals surface area contributed by atoms with Crippen LogP contribution in [-0.2, 0) is 0 Å². The van der Waals surface area contributed by atoms with Gasteiger partial charge in [0.25, 0.3) is 5.91 Å². The maximum absolute atomic E-state index is 12.8. The summed E-state index contributed by atoms with van der Waals surface area (Å²) in [4.78, 5) is 12.8. The third-order valence-electron chi connectivity index (χ3n) is 7.04. The van der Waals surface area contributed by atoms with Crippen LogP contribution in [0.3, 0.4) is 0 Å². The molecule has 1 amide bonds. The molecule has 1 N–H and O–H groups in total. The van der Waals surface area contributed by atoms with Gasteiger partial charge < -0.3 is 9.13 Å². The zero-order valence-electron chi connectivity index (χ0n) is 22.5. The summed E-state index contributed by atoms with van der Waals surface area (Å²) in [6.45, 7) is 10.5. The number of nitrogens with one attached hydrogen (secondary N) is 1. The monoisotopic (exact) mass is 500 g/mol.